The van der Waals surface area contributed by atoms with Crippen LogP contribution in [0.3, 0.4) is 0 Å². The Hall–Kier alpha value is -2.79. The van der Waals surface area contributed by atoms with Gasteiger partial charge >= 0.3 is 0 Å². The number of thiazole rings is 1. The molecule has 2 aromatic carbocycles. The lowest BCUT2D eigenvalue weighted by atomic mass is 9.65. The minimum atomic E-state index is 0.0693. The largest absolute Gasteiger partial charge is 0.368 e. The molecule has 26 heavy (non-hydrogen) atoms. The molecular weight excluding hydrogens is 340 g/mol. The number of hydrogen-bond donors (Lipinski definition) is 1. The first-order valence-electron chi connectivity index (χ1n) is 8.79. The second-order valence-corrected chi connectivity index (χ2v) is 7.86. The van der Waals surface area contributed by atoms with Gasteiger partial charge in [-0.3, -0.25) is 0 Å². The Balaban J connectivity index is 1.53. The van der Waals surface area contributed by atoms with Crippen molar-refractivity contribution in [1.29, 1.82) is 0 Å². The molecule has 0 aliphatic heterocycles. The van der Waals surface area contributed by atoms with E-state index in [9.17, 15) is 0 Å². The van der Waals surface area contributed by atoms with Crippen LogP contribution in [0.1, 0.15) is 29.8 Å². The number of rotatable bonds is 3. The van der Waals surface area contributed by atoms with E-state index in [2.05, 4.69) is 58.5 Å². The molecule has 0 unspecified atom stereocenters. The Morgan fingerprint density at radius 1 is 0.885 bits per heavy atom. The van der Waals surface area contributed by atoms with Gasteiger partial charge in [0.25, 0.3) is 0 Å². The average Bonchev–Trinajstić information content (AvgIpc) is 3.06. The maximum absolute atomic E-state index is 5.58. The standard InChI is InChI=1S/C21H18N4S/c22-20-23-12-15(13-24-20)14-6-8-16(9-7-14)21(10-3-11-21)19-25-17-4-1-2-5-18(17)26-19/h1-2,4-9,12-13H,3,10-11H2,(H2,22,23,24). The summed E-state index contributed by atoms with van der Waals surface area (Å²) in [4.78, 5) is 13.1. The monoisotopic (exact) mass is 358 g/mol. The summed E-state index contributed by atoms with van der Waals surface area (Å²) < 4.78 is 1.27. The fourth-order valence-corrected chi connectivity index (χ4v) is 4.94. The molecule has 1 saturated carbocycles. The summed E-state index contributed by atoms with van der Waals surface area (Å²) in [6, 6.07) is 17.2. The number of fused-ring (bicyclic) bond motifs is 1. The lowest BCUT2D eigenvalue weighted by Crippen LogP contribution is -2.35. The number of para-hydroxylation sites is 1. The fraction of sp³-hybridized carbons (Fsp3) is 0.190. The predicted molar refractivity (Wildman–Crippen MR) is 106 cm³/mol. The van der Waals surface area contributed by atoms with E-state index < -0.39 is 0 Å². The SMILES string of the molecule is Nc1ncc(-c2ccc(C3(c4nc5ccccc5s4)CCC3)cc2)cn1. The van der Waals surface area contributed by atoms with Crippen molar-refractivity contribution in [3.8, 4) is 11.1 Å². The molecular formula is C21H18N4S. The van der Waals surface area contributed by atoms with Crippen molar-refractivity contribution < 1.29 is 0 Å². The lowest BCUT2D eigenvalue weighted by Gasteiger charge is -2.40. The zero-order chi connectivity index (χ0) is 17.6. The highest BCUT2D eigenvalue weighted by atomic mass is 32.1. The van der Waals surface area contributed by atoms with E-state index in [1.807, 2.05) is 11.3 Å². The van der Waals surface area contributed by atoms with Crippen LogP contribution in [-0.2, 0) is 5.41 Å². The molecule has 2 N–H and O–H groups in total. The van der Waals surface area contributed by atoms with Crippen LogP contribution in [0, 0.1) is 0 Å². The Labute approximate surface area is 155 Å². The number of benzene rings is 2. The lowest BCUT2D eigenvalue weighted by molar-refractivity contribution is 0.301. The molecule has 0 bridgehead atoms. The van der Waals surface area contributed by atoms with E-state index in [4.69, 9.17) is 10.7 Å². The number of anilines is 1. The van der Waals surface area contributed by atoms with Gasteiger partial charge in [-0.25, -0.2) is 15.0 Å². The van der Waals surface area contributed by atoms with Gasteiger partial charge in [-0.15, -0.1) is 11.3 Å². The summed E-state index contributed by atoms with van der Waals surface area (Å²) in [5.41, 5.74) is 10.2. The molecule has 1 fully saturated rings. The molecule has 2 heterocycles. The van der Waals surface area contributed by atoms with Crippen molar-refractivity contribution in [3.05, 3.63) is 71.5 Å². The Morgan fingerprint density at radius 3 is 2.27 bits per heavy atom. The summed E-state index contributed by atoms with van der Waals surface area (Å²) in [6.45, 7) is 0. The second-order valence-electron chi connectivity index (χ2n) is 6.83. The average molecular weight is 358 g/mol. The molecule has 4 nitrogen and oxygen atoms in total. The third-order valence-corrected chi connectivity index (χ3v) is 6.59. The molecule has 1 aliphatic rings. The molecule has 0 atom stereocenters. The van der Waals surface area contributed by atoms with Gasteiger partial charge < -0.3 is 5.73 Å². The summed E-state index contributed by atoms with van der Waals surface area (Å²) in [6.07, 6.45) is 7.12. The molecule has 4 aromatic rings. The van der Waals surface area contributed by atoms with Crippen molar-refractivity contribution in [3.63, 3.8) is 0 Å². The van der Waals surface area contributed by atoms with Crippen molar-refractivity contribution in [1.82, 2.24) is 15.0 Å². The van der Waals surface area contributed by atoms with E-state index in [0.29, 0.717) is 5.95 Å². The van der Waals surface area contributed by atoms with Gasteiger partial charge in [0.1, 0.15) is 5.01 Å². The smallest absolute Gasteiger partial charge is 0.219 e. The fourth-order valence-electron chi connectivity index (χ4n) is 3.70. The highest BCUT2D eigenvalue weighted by Crippen LogP contribution is 2.51. The predicted octanol–water partition coefficient (Wildman–Crippen LogP) is 4.81. The van der Waals surface area contributed by atoms with Crippen molar-refractivity contribution in [2.75, 3.05) is 5.73 Å². The Bertz CT molecular complexity index is 1030. The number of hydrogen-bond acceptors (Lipinski definition) is 5. The van der Waals surface area contributed by atoms with Crippen LogP contribution >= 0.6 is 11.3 Å². The molecule has 128 valence electrons. The summed E-state index contributed by atoms with van der Waals surface area (Å²) >= 11 is 1.83. The Morgan fingerprint density at radius 2 is 1.62 bits per heavy atom. The summed E-state index contributed by atoms with van der Waals surface area (Å²) in [7, 11) is 0. The normalized spacial score (nSPS) is 15.7. The molecule has 2 aromatic heterocycles. The van der Waals surface area contributed by atoms with Crippen molar-refractivity contribution >= 4 is 27.5 Å². The van der Waals surface area contributed by atoms with E-state index in [0.717, 1.165) is 29.5 Å². The van der Waals surface area contributed by atoms with Crippen LogP contribution in [0.4, 0.5) is 5.95 Å². The van der Waals surface area contributed by atoms with Gasteiger partial charge in [-0.2, -0.15) is 0 Å². The molecule has 1 aliphatic carbocycles. The minimum absolute atomic E-state index is 0.0693. The van der Waals surface area contributed by atoms with E-state index in [1.54, 1.807) is 12.4 Å². The number of nitrogen functional groups attached to an aromatic ring is 1. The third kappa shape index (κ3) is 2.39. The van der Waals surface area contributed by atoms with Crippen LogP contribution in [0.15, 0.2) is 60.9 Å². The zero-order valence-electron chi connectivity index (χ0n) is 14.2. The van der Waals surface area contributed by atoms with E-state index in [-0.39, 0.29) is 5.41 Å². The molecule has 5 rings (SSSR count). The summed E-state index contributed by atoms with van der Waals surface area (Å²) in [5.74, 6) is 0.301. The van der Waals surface area contributed by atoms with Crippen LogP contribution in [0.2, 0.25) is 0 Å². The molecule has 0 spiro atoms. The van der Waals surface area contributed by atoms with Gasteiger partial charge in [0.2, 0.25) is 5.95 Å². The summed E-state index contributed by atoms with van der Waals surface area (Å²) in [5, 5.41) is 1.24. The highest BCUT2D eigenvalue weighted by Gasteiger charge is 2.42. The van der Waals surface area contributed by atoms with Crippen molar-refractivity contribution in [2.45, 2.75) is 24.7 Å². The van der Waals surface area contributed by atoms with Crippen LogP contribution in [-0.4, -0.2) is 15.0 Å². The Kier molecular flexibility index (Phi) is 3.50. The van der Waals surface area contributed by atoms with Gasteiger partial charge in [0.05, 0.1) is 10.2 Å². The van der Waals surface area contributed by atoms with Crippen molar-refractivity contribution in [2.24, 2.45) is 0 Å². The zero-order valence-corrected chi connectivity index (χ0v) is 15.0. The quantitative estimate of drug-likeness (QED) is 0.571. The van der Waals surface area contributed by atoms with Gasteiger partial charge in [-0.1, -0.05) is 42.8 Å². The first-order chi connectivity index (χ1) is 12.7. The third-order valence-electron chi connectivity index (χ3n) is 5.35. The first-order valence-corrected chi connectivity index (χ1v) is 9.61. The van der Waals surface area contributed by atoms with Crippen LogP contribution < -0.4 is 5.73 Å². The molecule has 0 saturated heterocycles. The van der Waals surface area contributed by atoms with E-state index in [1.165, 1.54) is 21.7 Å². The van der Waals surface area contributed by atoms with E-state index >= 15 is 0 Å². The molecule has 5 heteroatoms. The maximum Gasteiger partial charge on any atom is 0.219 e. The molecule has 0 amide bonds. The van der Waals surface area contributed by atoms with Gasteiger partial charge in [0.15, 0.2) is 0 Å². The number of nitrogens with zero attached hydrogens (tertiary/aromatic N) is 3. The number of aromatic nitrogens is 3. The maximum atomic E-state index is 5.58. The second kappa shape index (κ2) is 5.88. The topological polar surface area (TPSA) is 64.7 Å². The number of nitrogens with two attached hydrogens (primary N) is 1. The van der Waals surface area contributed by atoms with Gasteiger partial charge in [0, 0.05) is 23.4 Å². The van der Waals surface area contributed by atoms with Gasteiger partial charge in [-0.05, 0) is 36.1 Å². The highest BCUT2D eigenvalue weighted by molar-refractivity contribution is 7.18. The van der Waals surface area contributed by atoms with Crippen LogP contribution in [0.25, 0.3) is 21.3 Å². The first kappa shape index (κ1) is 15.5. The van der Waals surface area contributed by atoms with Crippen LogP contribution in [0.5, 0.6) is 0 Å². The minimum Gasteiger partial charge on any atom is -0.368 e. The molecule has 0 radical (unpaired) electrons.